The first-order valence-electron chi connectivity index (χ1n) is 9.34. The largest absolute Gasteiger partial charge is 0.407 e. The van der Waals surface area contributed by atoms with Crippen molar-refractivity contribution in [3.05, 3.63) is 71.1 Å². The minimum atomic E-state index is -3.40. The molecule has 29 heavy (non-hydrogen) atoms. The maximum absolute atomic E-state index is 12.4. The van der Waals surface area contributed by atoms with Gasteiger partial charge in [0.2, 0.25) is 5.89 Å². The fourth-order valence-electron chi connectivity index (χ4n) is 2.74. The molecule has 3 aromatic rings. The van der Waals surface area contributed by atoms with Gasteiger partial charge in [0.1, 0.15) is 0 Å². The van der Waals surface area contributed by atoms with Crippen LogP contribution in [0.2, 0.25) is 0 Å². The van der Waals surface area contributed by atoms with E-state index in [1.807, 2.05) is 12.1 Å². The summed E-state index contributed by atoms with van der Waals surface area (Å²) in [5.41, 5.74) is 2.47. The summed E-state index contributed by atoms with van der Waals surface area (Å²) in [5, 5.41) is 10.3. The Morgan fingerprint density at radius 2 is 1.83 bits per heavy atom. The average molecular weight is 413 g/mol. The van der Waals surface area contributed by atoms with E-state index in [-0.39, 0.29) is 22.2 Å². The molecule has 1 amide bonds. The van der Waals surface area contributed by atoms with Crippen LogP contribution in [-0.2, 0) is 16.3 Å². The first-order valence-corrected chi connectivity index (χ1v) is 11.0. The molecular weight excluding hydrogens is 390 g/mol. The van der Waals surface area contributed by atoms with Gasteiger partial charge in [-0.2, -0.15) is 0 Å². The van der Waals surface area contributed by atoms with Gasteiger partial charge in [-0.05, 0) is 35.2 Å². The number of hydrogen-bond acceptors (Lipinski definition) is 6. The number of hydrogen-bond donors (Lipinski definition) is 1. The standard InChI is InChI=1S/C21H23N3O4S/c1-4-29(26,27)18-7-5-6-17(13-18)20(25)22-21-24-23-19(28-21)12-15-8-10-16(11-9-15)14(2)3/h5-11,13-14H,4,12H2,1-3H3,(H,22,24,25). The molecule has 0 radical (unpaired) electrons. The fourth-order valence-corrected chi connectivity index (χ4v) is 3.66. The zero-order valence-corrected chi connectivity index (χ0v) is 17.4. The Bertz CT molecular complexity index is 1100. The molecule has 0 saturated heterocycles. The summed E-state index contributed by atoms with van der Waals surface area (Å²) >= 11 is 0. The van der Waals surface area contributed by atoms with Crippen molar-refractivity contribution < 1.29 is 17.6 Å². The van der Waals surface area contributed by atoms with Crippen LogP contribution in [0.25, 0.3) is 0 Å². The molecule has 1 aromatic heterocycles. The zero-order chi connectivity index (χ0) is 21.0. The average Bonchev–Trinajstić information content (AvgIpc) is 3.15. The molecule has 0 aliphatic heterocycles. The van der Waals surface area contributed by atoms with E-state index in [1.54, 1.807) is 6.92 Å². The van der Waals surface area contributed by atoms with E-state index in [4.69, 9.17) is 4.42 Å². The van der Waals surface area contributed by atoms with Gasteiger partial charge in [0.05, 0.1) is 17.1 Å². The molecule has 0 atom stereocenters. The van der Waals surface area contributed by atoms with E-state index < -0.39 is 15.7 Å². The molecule has 8 heteroatoms. The summed E-state index contributed by atoms with van der Waals surface area (Å²) in [6.07, 6.45) is 0.450. The lowest BCUT2D eigenvalue weighted by molar-refractivity contribution is 0.102. The fraction of sp³-hybridized carbons (Fsp3) is 0.286. The number of benzene rings is 2. The van der Waals surface area contributed by atoms with Crippen LogP contribution in [0.1, 0.15) is 54.1 Å². The number of aromatic nitrogens is 2. The second kappa shape index (κ2) is 8.57. The zero-order valence-electron chi connectivity index (χ0n) is 16.5. The quantitative estimate of drug-likeness (QED) is 0.631. The molecule has 0 aliphatic carbocycles. The van der Waals surface area contributed by atoms with Crippen molar-refractivity contribution in [2.24, 2.45) is 0 Å². The second-order valence-electron chi connectivity index (χ2n) is 6.96. The minimum Gasteiger partial charge on any atom is -0.407 e. The van der Waals surface area contributed by atoms with Crippen LogP contribution in [0.3, 0.4) is 0 Å². The molecule has 0 saturated carbocycles. The molecule has 7 nitrogen and oxygen atoms in total. The first-order chi connectivity index (χ1) is 13.8. The summed E-state index contributed by atoms with van der Waals surface area (Å²) in [6, 6.07) is 14.0. The van der Waals surface area contributed by atoms with Crippen LogP contribution in [0.15, 0.2) is 57.8 Å². The van der Waals surface area contributed by atoms with Gasteiger partial charge in [-0.15, -0.1) is 5.10 Å². The van der Waals surface area contributed by atoms with Gasteiger partial charge < -0.3 is 4.42 Å². The number of anilines is 1. The van der Waals surface area contributed by atoms with Crippen LogP contribution in [0.4, 0.5) is 6.01 Å². The number of rotatable bonds is 7. The summed E-state index contributed by atoms with van der Waals surface area (Å²) in [6.45, 7) is 5.82. The van der Waals surface area contributed by atoms with Gasteiger partial charge in [-0.25, -0.2) is 8.42 Å². The van der Waals surface area contributed by atoms with Crippen molar-refractivity contribution in [2.45, 2.75) is 38.0 Å². The van der Waals surface area contributed by atoms with Crippen molar-refractivity contribution in [2.75, 3.05) is 11.1 Å². The van der Waals surface area contributed by atoms with E-state index in [9.17, 15) is 13.2 Å². The SMILES string of the molecule is CCS(=O)(=O)c1cccc(C(=O)Nc2nnc(Cc3ccc(C(C)C)cc3)o2)c1. The highest BCUT2D eigenvalue weighted by Crippen LogP contribution is 2.18. The van der Waals surface area contributed by atoms with Gasteiger partial charge in [-0.1, -0.05) is 56.2 Å². The minimum absolute atomic E-state index is 0.0347. The lowest BCUT2D eigenvalue weighted by Gasteiger charge is -2.05. The normalized spacial score (nSPS) is 11.6. The van der Waals surface area contributed by atoms with Gasteiger partial charge in [0, 0.05) is 5.56 Å². The molecule has 1 N–H and O–H groups in total. The van der Waals surface area contributed by atoms with E-state index in [0.717, 1.165) is 5.56 Å². The Balaban J connectivity index is 1.68. The van der Waals surface area contributed by atoms with Crippen LogP contribution in [0.5, 0.6) is 0 Å². The van der Waals surface area contributed by atoms with E-state index in [0.29, 0.717) is 18.2 Å². The number of carbonyl (C=O) groups is 1. The highest BCUT2D eigenvalue weighted by Gasteiger charge is 2.16. The second-order valence-corrected chi connectivity index (χ2v) is 9.24. The molecule has 0 aliphatic rings. The van der Waals surface area contributed by atoms with Crippen molar-refractivity contribution in [1.82, 2.24) is 10.2 Å². The molecule has 0 unspecified atom stereocenters. The lowest BCUT2D eigenvalue weighted by Crippen LogP contribution is -2.13. The van der Waals surface area contributed by atoms with Crippen LogP contribution >= 0.6 is 0 Å². The molecule has 0 fully saturated rings. The van der Waals surface area contributed by atoms with Crippen molar-refractivity contribution in [1.29, 1.82) is 0 Å². The summed E-state index contributed by atoms with van der Waals surface area (Å²) in [7, 11) is -3.40. The van der Waals surface area contributed by atoms with Gasteiger partial charge >= 0.3 is 6.01 Å². The number of nitrogens with zero attached hydrogens (tertiary/aromatic N) is 2. The Labute approximate surface area is 170 Å². The number of amides is 1. The van der Waals surface area contributed by atoms with Gasteiger partial charge in [-0.3, -0.25) is 10.1 Å². The van der Waals surface area contributed by atoms with Crippen LogP contribution in [0, 0.1) is 0 Å². The highest BCUT2D eigenvalue weighted by molar-refractivity contribution is 7.91. The molecule has 3 rings (SSSR count). The van der Waals surface area contributed by atoms with Gasteiger partial charge in [0.15, 0.2) is 9.84 Å². The van der Waals surface area contributed by atoms with E-state index in [1.165, 1.54) is 29.8 Å². The topological polar surface area (TPSA) is 102 Å². The van der Waals surface area contributed by atoms with Crippen LogP contribution < -0.4 is 5.32 Å². The molecule has 2 aromatic carbocycles. The third-order valence-electron chi connectivity index (χ3n) is 4.52. The Hall–Kier alpha value is -3.00. The monoisotopic (exact) mass is 413 g/mol. The molecule has 152 valence electrons. The Morgan fingerprint density at radius 3 is 2.48 bits per heavy atom. The van der Waals surface area contributed by atoms with Crippen LogP contribution in [-0.4, -0.2) is 30.3 Å². The Morgan fingerprint density at radius 1 is 1.10 bits per heavy atom. The summed E-state index contributed by atoms with van der Waals surface area (Å²) in [5.74, 6) is 0.276. The number of nitrogens with one attached hydrogen (secondary N) is 1. The van der Waals surface area contributed by atoms with Crippen molar-refractivity contribution in [3.63, 3.8) is 0 Å². The third-order valence-corrected chi connectivity index (χ3v) is 6.26. The summed E-state index contributed by atoms with van der Waals surface area (Å²) in [4.78, 5) is 12.5. The molecule has 0 bridgehead atoms. The van der Waals surface area contributed by atoms with Crippen molar-refractivity contribution in [3.8, 4) is 0 Å². The molecular formula is C21H23N3O4S. The lowest BCUT2D eigenvalue weighted by atomic mass is 10.0. The molecule has 1 heterocycles. The predicted molar refractivity (Wildman–Crippen MR) is 110 cm³/mol. The smallest absolute Gasteiger partial charge is 0.322 e. The Kier molecular flexibility index (Phi) is 6.12. The maximum Gasteiger partial charge on any atom is 0.322 e. The summed E-state index contributed by atoms with van der Waals surface area (Å²) < 4.78 is 29.5. The molecule has 0 spiro atoms. The predicted octanol–water partition coefficient (Wildman–Crippen LogP) is 3.83. The van der Waals surface area contributed by atoms with Gasteiger partial charge in [0.25, 0.3) is 5.91 Å². The third kappa shape index (κ3) is 5.08. The van der Waals surface area contributed by atoms with E-state index in [2.05, 4.69) is 41.5 Å². The number of carbonyl (C=O) groups excluding carboxylic acids is 1. The van der Waals surface area contributed by atoms with E-state index >= 15 is 0 Å². The first kappa shape index (κ1) is 20.7. The van der Waals surface area contributed by atoms with Crippen molar-refractivity contribution >= 4 is 21.8 Å². The number of sulfone groups is 1. The maximum atomic E-state index is 12.4. The highest BCUT2D eigenvalue weighted by atomic mass is 32.2.